The minimum Gasteiger partial charge on any atom is -0.367 e. The highest BCUT2D eigenvalue weighted by molar-refractivity contribution is 7.72. The SMILES string of the molecule is CC(C)=CCCC(C)=CCCC=CCOCP(=O)(O)CP(=O)(O)O. The zero-order valence-electron chi connectivity index (χ0n) is 14.7. The first-order chi connectivity index (χ1) is 11.0. The lowest BCUT2D eigenvalue weighted by molar-refractivity contribution is 0.199. The van der Waals surface area contributed by atoms with Crippen molar-refractivity contribution in [2.24, 2.45) is 0 Å². The molecule has 0 amide bonds. The molecule has 0 aliphatic carbocycles. The molecule has 24 heavy (non-hydrogen) atoms. The summed E-state index contributed by atoms with van der Waals surface area (Å²) >= 11 is 0. The van der Waals surface area contributed by atoms with Crippen LogP contribution in [0.2, 0.25) is 0 Å². The highest BCUT2D eigenvalue weighted by Crippen LogP contribution is 2.54. The average Bonchev–Trinajstić information content (AvgIpc) is 2.38. The van der Waals surface area contributed by atoms with Crippen molar-refractivity contribution in [3.8, 4) is 0 Å². The first-order valence-electron chi connectivity index (χ1n) is 7.89. The van der Waals surface area contributed by atoms with Crippen LogP contribution in [0, 0.1) is 0 Å². The van der Waals surface area contributed by atoms with Crippen LogP contribution in [0.3, 0.4) is 0 Å². The van der Waals surface area contributed by atoms with Crippen molar-refractivity contribution in [3.63, 3.8) is 0 Å². The lowest BCUT2D eigenvalue weighted by Gasteiger charge is -2.11. The van der Waals surface area contributed by atoms with E-state index in [0.29, 0.717) is 0 Å². The lowest BCUT2D eigenvalue weighted by Crippen LogP contribution is -2.00. The molecule has 0 spiro atoms. The summed E-state index contributed by atoms with van der Waals surface area (Å²) in [5.41, 5.74) is 2.69. The molecule has 0 saturated carbocycles. The smallest absolute Gasteiger partial charge is 0.335 e. The molecule has 0 aromatic rings. The van der Waals surface area contributed by atoms with Gasteiger partial charge in [-0.05, 0) is 46.5 Å². The van der Waals surface area contributed by atoms with E-state index in [9.17, 15) is 14.0 Å². The Balaban J connectivity index is 3.85. The van der Waals surface area contributed by atoms with Crippen LogP contribution in [0.15, 0.2) is 35.5 Å². The van der Waals surface area contributed by atoms with Gasteiger partial charge in [0.05, 0.1) is 6.61 Å². The van der Waals surface area contributed by atoms with Crippen LogP contribution in [0.25, 0.3) is 0 Å². The Morgan fingerprint density at radius 1 is 0.958 bits per heavy atom. The molecule has 6 nitrogen and oxygen atoms in total. The standard InChI is InChI=1S/C16H30O6P2/c1-15(2)9-8-11-16(3)10-6-4-5-7-12-22-13-23(17,18)14-24(19,20)21/h5,7,9-10H,4,6,8,11-14H2,1-3H3,(H,17,18)(H2,19,20,21). The molecule has 0 radical (unpaired) electrons. The van der Waals surface area contributed by atoms with Crippen LogP contribution in [0.4, 0.5) is 0 Å². The predicted octanol–water partition coefficient (Wildman–Crippen LogP) is 4.40. The second-order valence-electron chi connectivity index (χ2n) is 6.07. The molecular weight excluding hydrogens is 350 g/mol. The molecule has 0 aromatic heterocycles. The molecule has 140 valence electrons. The van der Waals surface area contributed by atoms with Gasteiger partial charge in [0.25, 0.3) is 0 Å². The van der Waals surface area contributed by atoms with Crippen LogP contribution in [0.1, 0.15) is 46.5 Å². The second kappa shape index (κ2) is 12.0. The number of unbranched alkanes of at least 4 members (excludes halogenated alkanes) is 1. The van der Waals surface area contributed by atoms with E-state index in [2.05, 4.69) is 32.9 Å². The van der Waals surface area contributed by atoms with Gasteiger partial charge in [-0.15, -0.1) is 0 Å². The van der Waals surface area contributed by atoms with Gasteiger partial charge in [-0.2, -0.15) is 0 Å². The maximum Gasteiger partial charge on any atom is 0.335 e. The third kappa shape index (κ3) is 16.4. The van der Waals surface area contributed by atoms with Gasteiger partial charge in [-0.1, -0.05) is 35.5 Å². The van der Waals surface area contributed by atoms with Crippen molar-refractivity contribution in [3.05, 3.63) is 35.5 Å². The minimum atomic E-state index is -4.50. The molecule has 1 atom stereocenters. The maximum absolute atomic E-state index is 11.5. The van der Waals surface area contributed by atoms with Crippen molar-refractivity contribution < 1.29 is 28.5 Å². The van der Waals surface area contributed by atoms with Gasteiger partial charge in [0.1, 0.15) is 12.3 Å². The highest BCUT2D eigenvalue weighted by atomic mass is 31.2. The maximum atomic E-state index is 11.5. The summed E-state index contributed by atoms with van der Waals surface area (Å²) < 4.78 is 27.1. The fraction of sp³-hybridized carbons (Fsp3) is 0.625. The Morgan fingerprint density at radius 2 is 1.62 bits per heavy atom. The van der Waals surface area contributed by atoms with Gasteiger partial charge in [-0.3, -0.25) is 9.13 Å². The van der Waals surface area contributed by atoms with Crippen molar-refractivity contribution in [2.45, 2.75) is 46.5 Å². The zero-order chi connectivity index (χ0) is 18.6. The van der Waals surface area contributed by atoms with E-state index in [1.165, 1.54) is 11.1 Å². The van der Waals surface area contributed by atoms with E-state index in [-0.39, 0.29) is 6.61 Å². The number of hydrogen-bond donors (Lipinski definition) is 3. The Morgan fingerprint density at radius 3 is 2.21 bits per heavy atom. The summed E-state index contributed by atoms with van der Waals surface area (Å²) in [6.07, 6.45) is 11.4. The lowest BCUT2D eigenvalue weighted by atomic mass is 10.1. The largest absolute Gasteiger partial charge is 0.367 e. The van der Waals surface area contributed by atoms with Crippen molar-refractivity contribution in [1.29, 1.82) is 0 Å². The first kappa shape index (κ1) is 23.5. The number of hydrogen-bond acceptors (Lipinski definition) is 3. The number of allylic oxidation sites excluding steroid dienone is 5. The normalized spacial score (nSPS) is 15.5. The first-order valence-corrected chi connectivity index (χ1v) is 11.7. The summed E-state index contributed by atoms with van der Waals surface area (Å²) in [4.78, 5) is 26.7. The van der Waals surface area contributed by atoms with E-state index in [1.54, 1.807) is 6.08 Å². The van der Waals surface area contributed by atoms with Crippen LogP contribution >= 0.6 is 15.0 Å². The van der Waals surface area contributed by atoms with Gasteiger partial charge in [0.15, 0.2) is 0 Å². The molecular formula is C16H30O6P2. The molecule has 0 aliphatic heterocycles. The average molecular weight is 380 g/mol. The summed E-state index contributed by atoms with van der Waals surface area (Å²) in [5.74, 6) is -1.04. The third-order valence-electron chi connectivity index (χ3n) is 3.00. The van der Waals surface area contributed by atoms with Gasteiger partial charge in [-0.25, -0.2) is 0 Å². The molecule has 0 bridgehead atoms. The Kier molecular flexibility index (Phi) is 11.7. The molecule has 1 unspecified atom stereocenters. The van der Waals surface area contributed by atoms with Crippen LogP contribution in [-0.4, -0.2) is 33.5 Å². The molecule has 0 aromatic carbocycles. The summed E-state index contributed by atoms with van der Waals surface area (Å²) in [5, 5.41) is 0. The summed E-state index contributed by atoms with van der Waals surface area (Å²) in [6, 6.07) is 0. The predicted molar refractivity (Wildman–Crippen MR) is 98.4 cm³/mol. The zero-order valence-corrected chi connectivity index (χ0v) is 16.5. The van der Waals surface area contributed by atoms with Crippen LogP contribution in [-0.2, 0) is 13.9 Å². The highest BCUT2D eigenvalue weighted by Gasteiger charge is 2.29. The fourth-order valence-corrected chi connectivity index (χ4v) is 4.91. The topological polar surface area (TPSA) is 104 Å². The molecule has 0 saturated heterocycles. The minimum absolute atomic E-state index is 0.148. The van der Waals surface area contributed by atoms with Gasteiger partial charge >= 0.3 is 7.60 Å². The molecule has 3 N–H and O–H groups in total. The van der Waals surface area contributed by atoms with Crippen LogP contribution < -0.4 is 0 Å². The monoisotopic (exact) mass is 380 g/mol. The molecule has 0 fully saturated rings. The molecule has 0 aliphatic rings. The van der Waals surface area contributed by atoms with E-state index >= 15 is 0 Å². The second-order valence-corrected chi connectivity index (χ2v) is 10.5. The van der Waals surface area contributed by atoms with Crippen molar-refractivity contribution in [2.75, 3.05) is 18.9 Å². The molecule has 0 rings (SSSR count). The fourth-order valence-electron chi connectivity index (χ4n) is 1.89. The van der Waals surface area contributed by atoms with Crippen LogP contribution in [0.5, 0.6) is 0 Å². The third-order valence-corrected chi connectivity index (χ3v) is 6.82. The van der Waals surface area contributed by atoms with E-state index in [1.807, 2.05) is 6.08 Å². The van der Waals surface area contributed by atoms with E-state index in [4.69, 9.17) is 14.5 Å². The van der Waals surface area contributed by atoms with Gasteiger partial charge < -0.3 is 19.4 Å². The van der Waals surface area contributed by atoms with Gasteiger partial charge in [0, 0.05) is 0 Å². The van der Waals surface area contributed by atoms with E-state index in [0.717, 1.165) is 25.7 Å². The van der Waals surface area contributed by atoms with E-state index < -0.39 is 27.2 Å². The Bertz CT molecular complexity index is 541. The van der Waals surface area contributed by atoms with Crippen molar-refractivity contribution >= 4 is 15.0 Å². The molecule has 8 heteroatoms. The Hall–Kier alpha value is -0.480. The Labute approximate surface area is 144 Å². The number of ether oxygens (including phenoxy) is 1. The van der Waals surface area contributed by atoms with Crippen molar-refractivity contribution in [1.82, 2.24) is 0 Å². The van der Waals surface area contributed by atoms with Gasteiger partial charge in [0.2, 0.25) is 7.37 Å². The number of rotatable bonds is 12. The summed E-state index contributed by atoms with van der Waals surface area (Å²) in [7, 11) is -8.44. The summed E-state index contributed by atoms with van der Waals surface area (Å²) in [6.45, 7) is 6.45. The molecule has 0 heterocycles. The quantitative estimate of drug-likeness (QED) is 0.263.